The molecule has 0 fully saturated rings. The molecule has 1 amide bonds. The zero-order valence-corrected chi connectivity index (χ0v) is 10.4. The van der Waals surface area contributed by atoms with E-state index in [2.05, 4.69) is 26.4 Å². The molecule has 2 rings (SSSR count). The van der Waals surface area contributed by atoms with E-state index in [4.69, 9.17) is 4.52 Å². The molecule has 1 aromatic carbocycles. The number of benzene rings is 1. The van der Waals surface area contributed by atoms with Crippen molar-refractivity contribution in [3.8, 4) is 0 Å². The molecule has 0 aliphatic heterocycles. The molecule has 4 nitrogen and oxygen atoms in total. The molecule has 0 radical (unpaired) electrons. The van der Waals surface area contributed by atoms with Crippen molar-refractivity contribution in [3.63, 3.8) is 0 Å². The third-order valence-corrected chi connectivity index (χ3v) is 2.78. The standard InChI is InChI=1S/C11H8BrFN2O2/c1-6-8(5-14-17-6)11(16)15-7-2-3-10(13)9(12)4-7/h2-5H,1H3,(H,15,16). The van der Waals surface area contributed by atoms with Crippen molar-refractivity contribution < 1.29 is 13.7 Å². The minimum Gasteiger partial charge on any atom is -0.361 e. The maximum atomic E-state index is 13.0. The van der Waals surface area contributed by atoms with Gasteiger partial charge in [0.2, 0.25) is 0 Å². The zero-order chi connectivity index (χ0) is 12.4. The fourth-order valence-electron chi connectivity index (χ4n) is 1.29. The first-order valence-corrected chi connectivity index (χ1v) is 5.55. The van der Waals surface area contributed by atoms with Gasteiger partial charge in [0.1, 0.15) is 17.1 Å². The number of aromatic nitrogens is 1. The summed E-state index contributed by atoms with van der Waals surface area (Å²) in [7, 11) is 0. The van der Waals surface area contributed by atoms with Gasteiger partial charge in [-0.05, 0) is 41.1 Å². The third kappa shape index (κ3) is 2.52. The Morgan fingerprint density at radius 3 is 2.88 bits per heavy atom. The number of aryl methyl sites for hydroxylation is 1. The van der Waals surface area contributed by atoms with Gasteiger partial charge >= 0.3 is 0 Å². The maximum Gasteiger partial charge on any atom is 0.260 e. The molecule has 17 heavy (non-hydrogen) atoms. The first-order chi connectivity index (χ1) is 8.08. The van der Waals surface area contributed by atoms with E-state index < -0.39 is 0 Å². The van der Waals surface area contributed by atoms with Crippen LogP contribution in [0.15, 0.2) is 33.4 Å². The van der Waals surface area contributed by atoms with Gasteiger partial charge in [0.15, 0.2) is 0 Å². The molecule has 0 saturated carbocycles. The molecule has 0 aliphatic carbocycles. The third-order valence-electron chi connectivity index (χ3n) is 2.17. The van der Waals surface area contributed by atoms with Gasteiger partial charge in [0.05, 0.1) is 10.7 Å². The van der Waals surface area contributed by atoms with E-state index in [1.54, 1.807) is 6.92 Å². The van der Waals surface area contributed by atoms with Gasteiger partial charge in [-0.3, -0.25) is 4.79 Å². The summed E-state index contributed by atoms with van der Waals surface area (Å²) in [5.74, 6) is -0.296. The average Bonchev–Trinajstić information content (AvgIpc) is 2.70. The number of halogens is 2. The number of hydrogen-bond acceptors (Lipinski definition) is 3. The molecule has 2 aromatic rings. The number of hydrogen-bond donors (Lipinski definition) is 1. The van der Waals surface area contributed by atoms with Gasteiger partial charge in [-0.2, -0.15) is 0 Å². The maximum absolute atomic E-state index is 13.0. The number of rotatable bonds is 2. The van der Waals surface area contributed by atoms with Crippen molar-refractivity contribution in [2.24, 2.45) is 0 Å². The van der Waals surface area contributed by atoms with E-state index in [9.17, 15) is 9.18 Å². The molecule has 1 aromatic heterocycles. The molecule has 0 spiro atoms. The van der Waals surface area contributed by atoms with Crippen LogP contribution in [0.4, 0.5) is 10.1 Å². The fraction of sp³-hybridized carbons (Fsp3) is 0.0909. The number of nitrogens with one attached hydrogen (secondary N) is 1. The van der Waals surface area contributed by atoms with Gasteiger partial charge in [-0.15, -0.1) is 0 Å². The summed E-state index contributed by atoms with van der Waals surface area (Å²) in [5.41, 5.74) is 0.842. The van der Waals surface area contributed by atoms with Gasteiger partial charge < -0.3 is 9.84 Å². The Hall–Kier alpha value is -1.69. The average molecular weight is 299 g/mol. The lowest BCUT2D eigenvalue weighted by Crippen LogP contribution is -2.12. The minimum absolute atomic E-state index is 0.289. The van der Waals surface area contributed by atoms with Crippen molar-refractivity contribution in [1.29, 1.82) is 0 Å². The monoisotopic (exact) mass is 298 g/mol. The Morgan fingerprint density at radius 1 is 1.53 bits per heavy atom. The molecule has 0 atom stereocenters. The molecule has 1 heterocycles. The highest BCUT2D eigenvalue weighted by atomic mass is 79.9. The lowest BCUT2D eigenvalue weighted by atomic mass is 10.2. The van der Waals surface area contributed by atoms with Crippen LogP contribution in [-0.4, -0.2) is 11.1 Å². The second kappa shape index (κ2) is 4.67. The first kappa shape index (κ1) is 11.8. The smallest absolute Gasteiger partial charge is 0.260 e. The van der Waals surface area contributed by atoms with E-state index in [0.29, 0.717) is 17.0 Å². The van der Waals surface area contributed by atoms with Crippen LogP contribution in [0.25, 0.3) is 0 Å². The molecule has 0 bridgehead atoms. The molecule has 0 aliphatic rings. The van der Waals surface area contributed by atoms with Crippen LogP contribution >= 0.6 is 15.9 Å². The van der Waals surface area contributed by atoms with E-state index in [1.165, 1.54) is 24.4 Å². The van der Waals surface area contributed by atoms with Crippen molar-refractivity contribution in [2.45, 2.75) is 6.92 Å². The quantitative estimate of drug-likeness (QED) is 0.927. The van der Waals surface area contributed by atoms with Gasteiger partial charge in [0, 0.05) is 5.69 Å². The summed E-state index contributed by atoms with van der Waals surface area (Å²) in [6.07, 6.45) is 1.34. The lowest BCUT2D eigenvalue weighted by Gasteiger charge is -2.04. The molecule has 0 unspecified atom stereocenters. The highest BCUT2D eigenvalue weighted by molar-refractivity contribution is 9.10. The van der Waals surface area contributed by atoms with Crippen molar-refractivity contribution in [1.82, 2.24) is 5.16 Å². The summed E-state index contributed by atoms with van der Waals surface area (Å²) in [6.45, 7) is 1.64. The van der Waals surface area contributed by atoms with Crippen LogP contribution in [0.5, 0.6) is 0 Å². The van der Waals surface area contributed by atoms with E-state index >= 15 is 0 Å². The SMILES string of the molecule is Cc1oncc1C(=O)Nc1ccc(F)c(Br)c1. The summed E-state index contributed by atoms with van der Waals surface area (Å²) < 4.78 is 18.1. The Kier molecular flexibility index (Phi) is 3.23. The van der Waals surface area contributed by atoms with Crippen LogP contribution < -0.4 is 5.32 Å². The summed E-state index contributed by atoms with van der Waals surface area (Å²) in [5, 5.41) is 6.13. The Labute approximate surface area is 105 Å². The zero-order valence-electron chi connectivity index (χ0n) is 8.83. The second-order valence-corrected chi connectivity index (χ2v) is 4.23. The van der Waals surface area contributed by atoms with Crippen molar-refractivity contribution >= 4 is 27.5 Å². The van der Waals surface area contributed by atoms with Crippen LogP contribution in [0, 0.1) is 12.7 Å². The molecular weight excluding hydrogens is 291 g/mol. The van der Waals surface area contributed by atoms with E-state index in [1.807, 2.05) is 0 Å². The first-order valence-electron chi connectivity index (χ1n) is 4.75. The minimum atomic E-state index is -0.385. The Morgan fingerprint density at radius 2 is 2.29 bits per heavy atom. The predicted molar refractivity (Wildman–Crippen MR) is 63.3 cm³/mol. The number of carbonyl (C=O) groups excluding carboxylic acids is 1. The lowest BCUT2D eigenvalue weighted by molar-refractivity contribution is 0.102. The van der Waals surface area contributed by atoms with Crippen LogP contribution in [0.2, 0.25) is 0 Å². The molecule has 88 valence electrons. The second-order valence-electron chi connectivity index (χ2n) is 3.38. The van der Waals surface area contributed by atoms with Crippen molar-refractivity contribution in [2.75, 3.05) is 5.32 Å². The molecule has 6 heteroatoms. The Bertz CT molecular complexity index is 568. The van der Waals surface area contributed by atoms with E-state index in [0.717, 1.165) is 0 Å². The molecule has 0 saturated heterocycles. The van der Waals surface area contributed by atoms with E-state index in [-0.39, 0.29) is 16.2 Å². The molecule has 1 N–H and O–H groups in total. The normalized spacial score (nSPS) is 10.3. The van der Waals surface area contributed by atoms with Gasteiger partial charge in [0.25, 0.3) is 5.91 Å². The van der Waals surface area contributed by atoms with Gasteiger partial charge in [-0.25, -0.2) is 4.39 Å². The number of amides is 1. The highest BCUT2D eigenvalue weighted by Gasteiger charge is 2.13. The summed E-state index contributed by atoms with van der Waals surface area (Å²) in [6, 6.07) is 4.22. The van der Waals surface area contributed by atoms with Gasteiger partial charge in [-0.1, -0.05) is 5.16 Å². The highest BCUT2D eigenvalue weighted by Crippen LogP contribution is 2.20. The predicted octanol–water partition coefficient (Wildman–Crippen LogP) is 3.14. The summed E-state index contributed by atoms with van der Waals surface area (Å²) in [4.78, 5) is 11.8. The van der Waals surface area contributed by atoms with Crippen LogP contribution in [0.1, 0.15) is 16.1 Å². The van der Waals surface area contributed by atoms with Crippen LogP contribution in [0.3, 0.4) is 0 Å². The van der Waals surface area contributed by atoms with Crippen LogP contribution in [-0.2, 0) is 0 Å². The van der Waals surface area contributed by atoms with Crippen molar-refractivity contribution in [3.05, 3.63) is 46.0 Å². The topological polar surface area (TPSA) is 55.1 Å². The summed E-state index contributed by atoms with van der Waals surface area (Å²) >= 11 is 3.04. The largest absolute Gasteiger partial charge is 0.361 e. The Balaban J connectivity index is 2.19. The molecular formula is C11H8BrFN2O2. The number of carbonyl (C=O) groups is 1. The number of nitrogens with zero attached hydrogens (tertiary/aromatic N) is 1. The number of anilines is 1. The fourth-order valence-corrected chi connectivity index (χ4v) is 1.67.